The Morgan fingerprint density at radius 3 is 0.891 bits per heavy atom. The first-order valence-corrected chi connectivity index (χ1v) is 25.4. The van der Waals surface area contributed by atoms with Crippen molar-refractivity contribution in [3.8, 4) is 0 Å². The zero-order valence-electron chi connectivity index (χ0n) is 37.4. The van der Waals surface area contributed by atoms with Gasteiger partial charge in [0.05, 0.1) is 0 Å². The number of rotatable bonds is 46. The fraction of sp³-hybridized carbons (Fsp3) is 0.885. The highest BCUT2D eigenvalue weighted by Gasteiger charge is 2.04. The van der Waals surface area contributed by atoms with Gasteiger partial charge in [-0.05, 0) is 12.5 Å². The molecule has 1 aromatic heterocycles. The van der Waals surface area contributed by atoms with E-state index in [9.17, 15) is 4.79 Å². The number of carbonyl (C=O) groups excluding carboxylic acids is 1. The van der Waals surface area contributed by atoms with Crippen LogP contribution in [0.3, 0.4) is 0 Å². The van der Waals surface area contributed by atoms with Gasteiger partial charge in [-0.15, -0.1) is 0 Å². The number of nitrogens with zero attached hydrogens (tertiary/aromatic N) is 1. The molecule has 0 N–H and O–H groups in total. The second kappa shape index (κ2) is 45.3. The van der Waals surface area contributed by atoms with Gasteiger partial charge >= 0.3 is 5.97 Å². The summed E-state index contributed by atoms with van der Waals surface area (Å²) in [6.07, 6.45) is 65.7. The third kappa shape index (κ3) is 42.1. The molecule has 1 heterocycles. The van der Waals surface area contributed by atoms with Gasteiger partial charge in [0.15, 0.2) is 0 Å². The van der Waals surface area contributed by atoms with Crippen LogP contribution in [-0.4, -0.2) is 11.0 Å². The number of hydrogen-bond donors (Lipinski definition) is 0. The number of ether oxygens (including phenoxy) is 1. The summed E-state index contributed by atoms with van der Waals surface area (Å²) in [5, 5.41) is 0. The Balaban J connectivity index is 1.62. The molecule has 0 aliphatic carbocycles. The van der Waals surface area contributed by atoms with Gasteiger partial charge in [-0.1, -0.05) is 283 Å². The smallest absolute Gasteiger partial charge is 0.306 e. The van der Waals surface area contributed by atoms with Crippen LogP contribution in [0, 0.1) is 0 Å². The van der Waals surface area contributed by atoms with E-state index in [1.807, 2.05) is 12.1 Å². The van der Waals surface area contributed by atoms with Crippen LogP contribution in [0.1, 0.15) is 295 Å². The van der Waals surface area contributed by atoms with E-state index in [-0.39, 0.29) is 5.97 Å². The third-order valence-electron chi connectivity index (χ3n) is 12.1. The van der Waals surface area contributed by atoms with Gasteiger partial charge < -0.3 is 4.74 Å². The summed E-state index contributed by atoms with van der Waals surface area (Å²) >= 11 is 0. The van der Waals surface area contributed by atoms with Crippen molar-refractivity contribution >= 4 is 5.97 Å². The highest BCUT2D eigenvalue weighted by molar-refractivity contribution is 5.69. The Labute approximate surface area is 345 Å². The van der Waals surface area contributed by atoms with Crippen molar-refractivity contribution in [3.63, 3.8) is 0 Å². The molecule has 0 aliphatic rings. The molecule has 1 rings (SSSR count). The van der Waals surface area contributed by atoms with Crippen LogP contribution in [0.4, 0.5) is 0 Å². The van der Waals surface area contributed by atoms with Crippen LogP contribution < -0.4 is 0 Å². The average molecular weight is 768 g/mol. The molecule has 0 saturated heterocycles. The van der Waals surface area contributed by atoms with Gasteiger partial charge in [-0.3, -0.25) is 9.78 Å². The molecule has 1 aromatic rings. The molecule has 0 spiro atoms. The Bertz CT molecular complexity index is 856. The Kier molecular flexibility index (Phi) is 42.6. The maximum absolute atomic E-state index is 11.9. The summed E-state index contributed by atoms with van der Waals surface area (Å²) in [6.45, 7) is 2.65. The number of hydrogen-bond acceptors (Lipinski definition) is 3. The highest BCUT2D eigenvalue weighted by Crippen LogP contribution is 2.18. The van der Waals surface area contributed by atoms with Crippen molar-refractivity contribution in [2.75, 3.05) is 0 Å². The Morgan fingerprint density at radius 1 is 0.400 bits per heavy atom. The molecule has 0 bridgehead atoms. The van der Waals surface area contributed by atoms with E-state index < -0.39 is 0 Å². The molecule has 322 valence electrons. The van der Waals surface area contributed by atoms with Crippen molar-refractivity contribution in [2.24, 2.45) is 0 Å². The quantitative estimate of drug-likeness (QED) is 0.0490. The molecular weight excluding hydrogens is 671 g/mol. The summed E-state index contributed by atoms with van der Waals surface area (Å²) < 4.78 is 5.33. The Hall–Kier alpha value is -1.38. The van der Waals surface area contributed by atoms with Crippen molar-refractivity contribution in [1.82, 2.24) is 4.98 Å². The SMILES string of the molecule is CCCCCCCCCCCCCCCCCCCCCCCCCCCCCCCCCCCCCCCCCCCCCC(=O)OCc1cccnc1. The lowest BCUT2D eigenvalue weighted by atomic mass is 10.0. The first-order chi connectivity index (χ1) is 27.3. The van der Waals surface area contributed by atoms with Crippen molar-refractivity contribution < 1.29 is 9.53 Å². The van der Waals surface area contributed by atoms with Crippen molar-refractivity contribution in [2.45, 2.75) is 296 Å². The van der Waals surface area contributed by atoms with Gasteiger partial charge in [0.1, 0.15) is 6.61 Å². The number of carbonyl (C=O) groups is 1. The maximum Gasteiger partial charge on any atom is 0.306 e. The summed E-state index contributed by atoms with van der Waals surface area (Å²) in [7, 11) is 0. The zero-order chi connectivity index (χ0) is 39.2. The van der Waals surface area contributed by atoms with Gasteiger partial charge in [0, 0.05) is 24.4 Å². The third-order valence-corrected chi connectivity index (χ3v) is 12.1. The minimum Gasteiger partial charge on any atom is -0.461 e. The number of unbranched alkanes of at least 4 members (excludes halogenated alkanes) is 42. The van der Waals surface area contributed by atoms with Crippen LogP contribution in [0.2, 0.25) is 0 Å². The molecule has 55 heavy (non-hydrogen) atoms. The van der Waals surface area contributed by atoms with Gasteiger partial charge in [-0.25, -0.2) is 0 Å². The van der Waals surface area contributed by atoms with E-state index in [1.54, 1.807) is 12.4 Å². The molecule has 3 nitrogen and oxygen atoms in total. The lowest BCUT2D eigenvalue weighted by Gasteiger charge is -2.05. The zero-order valence-corrected chi connectivity index (χ0v) is 37.4. The summed E-state index contributed by atoms with van der Waals surface area (Å²) in [6, 6.07) is 3.81. The molecule has 0 saturated carbocycles. The van der Waals surface area contributed by atoms with Crippen LogP contribution in [0.25, 0.3) is 0 Å². The van der Waals surface area contributed by atoms with E-state index in [1.165, 1.54) is 263 Å². The highest BCUT2D eigenvalue weighted by atomic mass is 16.5. The predicted octanol–water partition coefficient (Wildman–Crippen LogP) is 18.3. The fourth-order valence-corrected chi connectivity index (χ4v) is 8.31. The molecule has 0 aliphatic heterocycles. The van der Waals surface area contributed by atoms with E-state index in [0.717, 1.165) is 18.4 Å². The van der Waals surface area contributed by atoms with Gasteiger partial charge in [-0.2, -0.15) is 0 Å². The monoisotopic (exact) mass is 768 g/mol. The van der Waals surface area contributed by atoms with Crippen LogP contribution in [0.15, 0.2) is 24.5 Å². The topological polar surface area (TPSA) is 39.2 Å². The van der Waals surface area contributed by atoms with E-state index >= 15 is 0 Å². The first-order valence-electron chi connectivity index (χ1n) is 25.4. The number of pyridine rings is 1. The standard InChI is InChI=1S/C52H97NO2/c1-2-3-4-5-6-7-8-9-10-11-12-13-14-15-16-17-18-19-20-21-22-23-24-25-26-27-28-29-30-31-32-33-34-35-36-37-38-39-40-41-42-43-44-47-52(54)55-50-51-46-45-48-53-49-51/h45-46,48-49H,2-44,47,50H2,1H3. The lowest BCUT2D eigenvalue weighted by molar-refractivity contribution is -0.145. The summed E-state index contributed by atoms with van der Waals surface area (Å²) in [4.78, 5) is 15.9. The van der Waals surface area contributed by atoms with Crippen molar-refractivity contribution in [1.29, 1.82) is 0 Å². The summed E-state index contributed by atoms with van der Waals surface area (Å²) in [5.74, 6) is -0.0826. The number of aromatic nitrogens is 1. The molecule has 0 amide bonds. The minimum atomic E-state index is -0.0826. The first kappa shape index (κ1) is 51.6. The second-order valence-electron chi connectivity index (χ2n) is 17.6. The van der Waals surface area contributed by atoms with E-state index in [4.69, 9.17) is 4.74 Å². The fourth-order valence-electron chi connectivity index (χ4n) is 8.31. The molecular formula is C52H97NO2. The molecule has 0 aromatic carbocycles. The Morgan fingerprint density at radius 2 is 0.655 bits per heavy atom. The van der Waals surface area contributed by atoms with E-state index in [0.29, 0.717) is 13.0 Å². The largest absolute Gasteiger partial charge is 0.461 e. The number of esters is 1. The molecule has 0 fully saturated rings. The molecule has 3 heteroatoms. The molecule has 0 radical (unpaired) electrons. The molecule has 0 atom stereocenters. The summed E-state index contributed by atoms with van der Waals surface area (Å²) in [5.41, 5.74) is 0.952. The second-order valence-corrected chi connectivity index (χ2v) is 17.6. The van der Waals surface area contributed by atoms with Crippen LogP contribution in [0.5, 0.6) is 0 Å². The molecule has 0 unspecified atom stereocenters. The predicted molar refractivity (Wildman–Crippen MR) is 243 cm³/mol. The normalized spacial score (nSPS) is 11.4. The average Bonchev–Trinajstić information content (AvgIpc) is 3.20. The van der Waals surface area contributed by atoms with Gasteiger partial charge in [0.2, 0.25) is 0 Å². The van der Waals surface area contributed by atoms with Crippen molar-refractivity contribution in [3.05, 3.63) is 30.1 Å². The van der Waals surface area contributed by atoms with Crippen LogP contribution >= 0.6 is 0 Å². The maximum atomic E-state index is 11.9. The van der Waals surface area contributed by atoms with E-state index in [2.05, 4.69) is 11.9 Å². The lowest BCUT2D eigenvalue weighted by Crippen LogP contribution is -2.04. The van der Waals surface area contributed by atoms with Gasteiger partial charge in [0.25, 0.3) is 0 Å². The minimum absolute atomic E-state index is 0.0826. The van der Waals surface area contributed by atoms with Crippen LogP contribution in [-0.2, 0) is 16.1 Å².